The van der Waals surface area contributed by atoms with Crippen LogP contribution in [-0.2, 0) is 0 Å². The standard InChI is InChI=1S/3C38H19N3S2/c1-39-23-12-16-33(41-32-9-5-3-7-25(32)30-21-24(40-2)13-17-34(30)41)29(20-23)22-11-18-36-31(19-22)28-15-14-27-26-8-4-6-10-35(26)42-37(27)38(28)43-36;1-40-24-14-17-33-30(20-24)26-8-2-4-11-32(26)41(33)36-23(21-39)7-6-10-25(36)22-13-18-35-31(19-22)29-16-15-28-27-9-3-5-12-34(27)42-37(28)38(29)43-35;1-40-24-12-16-33-30(20-24)26-6-2-4-8-32(26)41(33)34-18-22(21-39)10-13-25(34)23-11-17-36-31(19-23)29-15-14-28-27-7-3-5-9-35(27)42-37(28)38(29)43-36/h3-21H;2*2-20H. The molecule has 0 saturated heterocycles. The van der Waals surface area contributed by atoms with Crippen LogP contribution in [-0.4, -0.2) is 13.7 Å². The van der Waals surface area contributed by atoms with Gasteiger partial charge in [-0.3, -0.25) is 0 Å². The second-order valence-electron chi connectivity index (χ2n) is 32.2. The zero-order valence-corrected chi connectivity index (χ0v) is 72.8. The molecule has 0 atom stereocenters. The Balaban J connectivity index is 0.000000105. The molecule has 9 heterocycles. The third-order valence-corrected chi connectivity index (χ3v) is 32.9. The molecule has 0 aliphatic rings. The number of aromatic nitrogens is 3. The minimum absolute atomic E-state index is 0.603. The Bertz CT molecular complexity index is 9730. The van der Waals surface area contributed by atoms with Gasteiger partial charge in [0.15, 0.2) is 22.7 Å². The van der Waals surface area contributed by atoms with Crippen LogP contribution in [0.15, 0.2) is 346 Å². The highest BCUT2D eigenvalue weighted by atomic mass is 32.1. The van der Waals surface area contributed by atoms with E-state index in [2.05, 4.69) is 270 Å². The fraction of sp³-hybridized carbons (Fsp3) is 0. The topological polar surface area (TPSA) is 79.8 Å². The lowest BCUT2D eigenvalue weighted by molar-refractivity contribution is 1.17. The molecular weight excluding hydrogens is 1690 g/mol. The first-order chi connectivity index (χ1) is 63.7. The first-order valence-corrected chi connectivity index (χ1v) is 46.7. The van der Waals surface area contributed by atoms with Gasteiger partial charge in [0.25, 0.3) is 0 Å². The molecule has 9 aromatic heterocycles. The van der Waals surface area contributed by atoms with Crippen LogP contribution in [0.5, 0.6) is 0 Å². The van der Waals surface area contributed by atoms with Gasteiger partial charge in [0, 0.05) is 120 Å². The number of benzene rings is 18. The van der Waals surface area contributed by atoms with Gasteiger partial charge in [0.1, 0.15) is 6.07 Å². The summed E-state index contributed by atoms with van der Waals surface area (Å²) in [5.41, 5.74) is 19.0. The Morgan fingerprint density at radius 1 is 0.217 bits per heavy atom. The number of hydrogen-bond acceptors (Lipinski definition) is 8. The molecule has 0 saturated carbocycles. The molecule has 27 rings (SSSR count). The van der Waals surface area contributed by atoms with Crippen LogP contribution in [0.25, 0.3) is 256 Å². The zero-order chi connectivity index (χ0) is 86.0. The molecule has 0 aliphatic carbocycles. The predicted molar refractivity (Wildman–Crippen MR) is 550 cm³/mol. The summed E-state index contributed by atoms with van der Waals surface area (Å²) < 4.78 is 22.5. The molecular formula is C114H57N9S6. The number of para-hydroxylation sites is 4. The highest BCUT2D eigenvalue weighted by Crippen LogP contribution is 2.52. The van der Waals surface area contributed by atoms with Gasteiger partial charge in [0.05, 0.1) is 122 Å². The van der Waals surface area contributed by atoms with Crippen LogP contribution in [0.1, 0.15) is 11.1 Å². The van der Waals surface area contributed by atoms with Crippen molar-refractivity contribution >= 4 is 277 Å². The summed E-state index contributed by atoms with van der Waals surface area (Å²) in [4.78, 5) is 14.8. The van der Waals surface area contributed by atoms with E-state index in [1.807, 2.05) is 189 Å². The summed E-state index contributed by atoms with van der Waals surface area (Å²) in [6, 6.07) is 125. The molecule has 9 nitrogen and oxygen atoms in total. The highest BCUT2D eigenvalue weighted by Gasteiger charge is 2.26. The highest BCUT2D eigenvalue weighted by molar-refractivity contribution is 7.35. The molecule has 27 aromatic rings. The number of nitriles is 2. The van der Waals surface area contributed by atoms with E-state index < -0.39 is 0 Å². The van der Waals surface area contributed by atoms with Crippen molar-refractivity contribution in [3.05, 3.63) is 403 Å². The van der Waals surface area contributed by atoms with Gasteiger partial charge in [-0.15, -0.1) is 68.0 Å². The number of nitrogens with zero attached hydrogens (tertiary/aromatic N) is 9. The van der Waals surface area contributed by atoms with E-state index in [-0.39, 0.29) is 0 Å². The smallest absolute Gasteiger partial charge is 0.188 e. The molecule has 0 bridgehead atoms. The van der Waals surface area contributed by atoms with Crippen molar-refractivity contribution in [2.45, 2.75) is 0 Å². The fourth-order valence-electron chi connectivity index (χ4n) is 19.6. The van der Waals surface area contributed by atoms with Gasteiger partial charge in [0.2, 0.25) is 0 Å². The first-order valence-electron chi connectivity index (χ1n) is 41.8. The maximum absolute atomic E-state index is 10.4. The Morgan fingerprint density at radius 3 is 0.961 bits per heavy atom. The molecule has 15 heteroatoms. The second-order valence-corrected chi connectivity index (χ2v) is 38.5. The van der Waals surface area contributed by atoms with Gasteiger partial charge in [-0.05, 0) is 178 Å². The largest absolute Gasteiger partial charge is 0.309 e. The van der Waals surface area contributed by atoms with Gasteiger partial charge in [-0.2, -0.15) is 10.5 Å². The molecule has 18 aromatic carbocycles. The van der Waals surface area contributed by atoms with Crippen molar-refractivity contribution in [2.75, 3.05) is 0 Å². The van der Waals surface area contributed by atoms with E-state index in [9.17, 15) is 10.5 Å². The van der Waals surface area contributed by atoms with Crippen molar-refractivity contribution in [3.63, 3.8) is 0 Å². The summed E-state index contributed by atoms with van der Waals surface area (Å²) in [7, 11) is 0. The van der Waals surface area contributed by atoms with Crippen molar-refractivity contribution in [1.82, 2.24) is 13.7 Å². The minimum atomic E-state index is 0.603. The lowest BCUT2D eigenvalue weighted by Crippen LogP contribution is -2.00. The molecule has 129 heavy (non-hydrogen) atoms. The number of fused-ring (bicyclic) bond motifs is 30. The monoisotopic (exact) mass is 1740 g/mol. The summed E-state index contributed by atoms with van der Waals surface area (Å²) in [6.07, 6.45) is 0. The summed E-state index contributed by atoms with van der Waals surface area (Å²) in [5.74, 6) is 0. The molecule has 0 N–H and O–H groups in total. The van der Waals surface area contributed by atoms with Gasteiger partial charge >= 0.3 is 0 Å². The van der Waals surface area contributed by atoms with Crippen LogP contribution in [0.3, 0.4) is 0 Å². The van der Waals surface area contributed by atoms with Crippen LogP contribution in [0, 0.1) is 49.0 Å². The van der Waals surface area contributed by atoms with E-state index in [4.69, 9.17) is 26.3 Å². The first kappa shape index (κ1) is 75.2. The lowest BCUT2D eigenvalue weighted by Gasteiger charge is -2.16. The third kappa shape index (κ3) is 11.7. The van der Waals surface area contributed by atoms with Crippen molar-refractivity contribution in [2.24, 2.45) is 0 Å². The Kier molecular flexibility index (Phi) is 17.3. The maximum atomic E-state index is 10.4. The van der Waals surface area contributed by atoms with E-state index in [1.165, 1.54) is 121 Å². The van der Waals surface area contributed by atoms with Crippen LogP contribution in [0.2, 0.25) is 0 Å². The quantitative estimate of drug-likeness (QED) is 0.156. The van der Waals surface area contributed by atoms with E-state index >= 15 is 0 Å². The van der Waals surface area contributed by atoms with Crippen molar-refractivity contribution in [3.8, 4) is 62.6 Å². The van der Waals surface area contributed by atoms with Crippen LogP contribution in [0.4, 0.5) is 22.7 Å². The van der Waals surface area contributed by atoms with E-state index in [1.54, 1.807) is 0 Å². The Labute approximate surface area is 760 Å². The predicted octanol–water partition coefficient (Wildman–Crippen LogP) is 35.5. The van der Waals surface area contributed by atoms with Crippen molar-refractivity contribution < 1.29 is 0 Å². The molecule has 0 radical (unpaired) electrons. The summed E-state index contributed by atoms with van der Waals surface area (Å²) >= 11 is 11.2. The van der Waals surface area contributed by atoms with Gasteiger partial charge in [-0.1, -0.05) is 206 Å². The normalized spacial score (nSPS) is 11.7. The average Bonchev–Trinajstić information content (AvgIpc) is 1.59. The van der Waals surface area contributed by atoms with Gasteiger partial charge in [-0.25, -0.2) is 19.4 Å². The van der Waals surface area contributed by atoms with Crippen LogP contribution < -0.4 is 0 Å². The SMILES string of the molecule is [C-]#[N+]c1ccc(-n2c3ccccc3c3cc([N+]#[C-])ccc32)c(-c2ccc3sc4c(ccc5c6ccccc6sc54)c3c2)c1.[C-]#[N+]c1ccc2c(c1)c1ccccc1n2-c1c(C#N)cccc1-c1ccc2sc3c(ccc4c5ccccc5sc43)c2c1.[C-]#[N+]c1ccc2c(c1)c1ccccc1n2-c1cc(C#N)ccc1-c1ccc2sc3c(ccc4c5ccccc5sc43)c2c1. The Morgan fingerprint density at radius 2 is 0.550 bits per heavy atom. The molecule has 0 unspecified atom stereocenters. The fourth-order valence-corrected chi connectivity index (χ4v) is 27.1. The molecule has 0 amide bonds. The molecule has 0 fully saturated rings. The van der Waals surface area contributed by atoms with Crippen LogP contribution >= 0.6 is 68.0 Å². The zero-order valence-electron chi connectivity index (χ0n) is 67.9. The van der Waals surface area contributed by atoms with E-state index in [0.29, 0.717) is 33.9 Å². The minimum Gasteiger partial charge on any atom is -0.309 e. The summed E-state index contributed by atoms with van der Waals surface area (Å²) in [5, 5.41) is 42.0. The number of thiophene rings is 6. The number of hydrogen-bond donors (Lipinski definition) is 0. The van der Waals surface area contributed by atoms with Gasteiger partial charge < -0.3 is 13.7 Å². The average molecular weight is 1750 g/mol. The molecule has 0 aliphatic heterocycles. The lowest BCUT2D eigenvalue weighted by atomic mass is 9.98. The molecule has 0 spiro atoms. The molecule has 594 valence electrons. The number of rotatable bonds is 6. The third-order valence-electron chi connectivity index (χ3n) is 25.3. The second kappa shape index (κ2) is 29.7. The maximum Gasteiger partial charge on any atom is 0.188 e. The van der Waals surface area contributed by atoms with Crippen molar-refractivity contribution in [1.29, 1.82) is 10.5 Å². The Hall–Kier alpha value is -16.4. The summed E-state index contributed by atoms with van der Waals surface area (Å²) in [6.45, 7) is 30.5. The van der Waals surface area contributed by atoms with E-state index in [0.717, 1.165) is 116 Å².